The number of hydrogen-bond donors (Lipinski definition) is 1. The highest BCUT2D eigenvalue weighted by atomic mass is 32.1. The number of ether oxygens (including phenoxy) is 1. The van der Waals surface area contributed by atoms with E-state index in [2.05, 4.69) is 24.4 Å². The molecule has 2 aromatic rings. The Kier molecular flexibility index (Phi) is 7.83. The van der Waals surface area contributed by atoms with Crippen LogP contribution in [0.4, 0.5) is 0 Å². The standard InChI is InChI=1S/C21H24N2O2S/c1-3-15-23(16-18-7-5-4-6-8-18)21(26)22-20(24)14-11-17-9-12-19(25-2)13-10-17/h4-14H,3,15-16H2,1-2H3,(H,22,24,26). The van der Waals surface area contributed by atoms with Gasteiger partial charge in [0.2, 0.25) is 5.91 Å². The van der Waals surface area contributed by atoms with Gasteiger partial charge in [-0.05, 0) is 48.0 Å². The molecular formula is C21H24N2O2S. The van der Waals surface area contributed by atoms with Gasteiger partial charge >= 0.3 is 0 Å². The Morgan fingerprint density at radius 1 is 1.15 bits per heavy atom. The third-order valence-electron chi connectivity index (χ3n) is 3.77. The second-order valence-corrected chi connectivity index (χ2v) is 6.19. The van der Waals surface area contributed by atoms with Crippen molar-refractivity contribution in [1.29, 1.82) is 0 Å². The molecule has 0 unspecified atom stereocenters. The van der Waals surface area contributed by atoms with Crippen molar-refractivity contribution in [3.63, 3.8) is 0 Å². The number of nitrogens with one attached hydrogen (secondary N) is 1. The van der Waals surface area contributed by atoms with Crippen LogP contribution < -0.4 is 10.1 Å². The summed E-state index contributed by atoms with van der Waals surface area (Å²) in [5, 5.41) is 3.23. The Labute approximate surface area is 160 Å². The van der Waals surface area contributed by atoms with E-state index in [1.165, 1.54) is 6.08 Å². The second-order valence-electron chi connectivity index (χ2n) is 5.81. The number of benzene rings is 2. The fourth-order valence-corrected chi connectivity index (χ4v) is 2.70. The minimum absolute atomic E-state index is 0.236. The Hall–Kier alpha value is -2.66. The maximum atomic E-state index is 12.2. The van der Waals surface area contributed by atoms with Crippen molar-refractivity contribution in [1.82, 2.24) is 10.2 Å². The van der Waals surface area contributed by atoms with Crippen LogP contribution in [0, 0.1) is 0 Å². The van der Waals surface area contributed by atoms with Crippen LogP contribution in [0.3, 0.4) is 0 Å². The van der Waals surface area contributed by atoms with Gasteiger partial charge in [-0.3, -0.25) is 10.1 Å². The summed E-state index contributed by atoms with van der Waals surface area (Å²) in [5.41, 5.74) is 2.08. The average molecular weight is 369 g/mol. The lowest BCUT2D eigenvalue weighted by Crippen LogP contribution is -2.42. The first-order valence-electron chi connectivity index (χ1n) is 8.58. The predicted molar refractivity (Wildman–Crippen MR) is 110 cm³/mol. The summed E-state index contributed by atoms with van der Waals surface area (Å²) in [5.74, 6) is 0.545. The maximum absolute atomic E-state index is 12.2. The summed E-state index contributed by atoms with van der Waals surface area (Å²) >= 11 is 5.42. The number of rotatable bonds is 7. The number of hydrogen-bond acceptors (Lipinski definition) is 3. The smallest absolute Gasteiger partial charge is 0.250 e. The molecule has 26 heavy (non-hydrogen) atoms. The van der Waals surface area contributed by atoms with Gasteiger partial charge in [0.25, 0.3) is 0 Å². The first-order valence-corrected chi connectivity index (χ1v) is 8.99. The fourth-order valence-electron chi connectivity index (χ4n) is 2.44. The Bertz CT molecular complexity index is 742. The molecule has 4 nitrogen and oxygen atoms in total. The lowest BCUT2D eigenvalue weighted by atomic mass is 10.2. The maximum Gasteiger partial charge on any atom is 0.250 e. The Morgan fingerprint density at radius 3 is 2.46 bits per heavy atom. The molecule has 2 rings (SSSR count). The summed E-state index contributed by atoms with van der Waals surface area (Å²) in [6.07, 6.45) is 4.18. The molecule has 0 aromatic heterocycles. The molecule has 0 saturated heterocycles. The number of methoxy groups -OCH3 is 1. The van der Waals surface area contributed by atoms with E-state index in [1.807, 2.05) is 47.4 Å². The van der Waals surface area contributed by atoms with Gasteiger partial charge in [-0.2, -0.15) is 0 Å². The Balaban J connectivity index is 1.94. The molecule has 0 atom stereocenters. The zero-order valence-corrected chi connectivity index (χ0v) is 16.0. The summed E-state index contributed by atoms with van der Waals surface area (Å²) in [6.45, 7) is 3.55. The SMILES string of the molecule is CCCN(Cc1ccccc1)C(=S)NC(=O)C=Cc1ccc(OC)cc1. The highest BCUT2D eigenvalue weighted by Gasteiger charge is 2.11. The van der Waals surface area contributed by atoms with Crippen molar-refractivity contribution >= 4 is 29.3 Å². The van der Waals surface area contributed by atoms with Crippen LogP contribution in [0.15, 0.2) is 60.7 Å². The van der Waals surface area contributed by atoms with E-state index >= 15 is 0 Å². The number of thiocarbonyl (C=S) groups is 1. The average Bonchev–Trinajstić information content (AvgIpc) is 2.67. The van der Waals surface area contributed by atoms with Crippen LogP contribution in [0.2, 0.25) is 0 Å². The van der Waals surface area contributed by atoms with Crippen LogP contribution in [-0.2, 0) is 11.3 Å². The van der Waals surface area contributed by atoms with Gasteiger partial charge in [-0.1, -0.05) is 49.4 Å². The van der Waals surface area contributed by atoms with E-state index in [0.29, 0.717) is 11.7 Å². The van der Waals surface area contributed by atoms with Gasteiger partial charge in [0.15, 0.2) is 5.11 Å². The van der Waals surface area contributed by atoms with Crippen molar-refractivity contribution in [3.8, 4) is 5.75 Å². The van der Waals surface area contributed by atoms with Crippen LogP contribution in [0.25, 0.3) is 6.08 Å². The number of carbonyl (C=O) groups is 1. The van der Waals surface area contributed by atoms with Crippen molar-refractivity contribution < 1.29 is 9.53 Å². The summed E-state index contributed by atoms with van der Waals surface area (Å²) in [6, 6.07) is 17.6. The third kappa shape index (κ3) is 6.33. The predicted octanol–water partition coefficient (Wildman–Crippen LogP) is 4.02. The highest BCUT2D eigenvalue weighted by Crippen LogP contribution is 2.12. The van der Waals surface area contributed by atoms with Crippen LogP contribution in [0.5, 0.6) is 5.75 Å². The van der Waals surface area contributed by atoms with Crippen LogP contribution >= 0.6 is 12.2 Å². The molecule has 0 heterocycles. The quantitative estimate of drug-likeness (QED) is 0.592. The zero-order valence-electron chi connectivity index (χ0n) is 15.1. The van der Waals surface area contributed by atoms with Gasteiger partial charge in [0, 0.05) is 19.2 Å². The van der Waals surface area contributed by atoms with Crippen molar-refractivity contribution in [2.75, 3.05) is 13.7 Å². The summed E-state index contributed by atoms with van der Waals surface area (Å²) < 4.78 is 5.12. The normalized spacial score (nSPS) is 10.5. The molecule has 0 radical (unpaired) electrons. The molecule has 5 heteroatoms. The molecule has 2 aromatic carbocycles. The number of carbonyl (C=O) groups excluding carboxylic acids is 1. The molecular weight excluding hydrogens is 344 g/mol. The molecule has 0 saturated carbocycles. The minimum atomic E-state index is -0.236. The first kappa shape index (κ1) is 19.7. The topological polar surface area (TPSA) is 41.6 Å². The molecule has 0 aliphatic rings. The van der Waals surface area contributed by atoms with Crippen LogP contribution in [0.1, 0.15) is 24.5 Å². The van der Waals surface area contributed by atoms with E-state index in [1.54, 1.807) is 13.2 Å². The highest BCUT2D eigenvalue weighted by molar-refractivity contribution is 7.80. The van der Waals surface area contributed by atoms with E-state index < -0.39 is 0 Å². The van der Waals surface area contributed by atoms with Gasteiger partial charge in [0.05, 0.1) is 7.11 Å². The van der Waals surface area contributed by atoms with Gasteiger partial charge < -0.3 is 9.64 Å². The van der Waals surface area contributed by atoms with Gasteiger partial charge in [-0.25, -0.2) is 0 Å². The lowest BCUT2D eigenvalue weighted by Gasteiger charge is -2.24. The zero-order chi connectivity index (χ0) is 18.8. The third-order valence-corrected chi connectivity index (χ3v) is 4.13. The molecule has 1 amide bonds. The number of nitrogens with zero attached hydrogens (tertiary/aromatic N) is 1. The van der Waals surface area contributed by atoms with E-state index in [0.717, 1.165) is 29.8 Å². The van der Waals surface area contributed by atoms with Crippen molar-refractivity contribution in [3.05, 3.63) is 71.8 Å². The molecule has 1 N–H and O–H groups in total. The lowest BCUT2D eigenvalue weighted by molar-refractivity contribution is -0.115. The molecule has 0 fully saturated rings. The second kappa shape index (κ2) is 10.4. The van der Waals surface area contributed by atoms with Gasteiger partial charge in [0.1, 0.15) is 5.75 Å². The minimum Gasteiger partial charge on any atom is -0.497 e. The van der Waals surface area contributed by atoms with Crippen molar-refractivity contribution in [2.45, 2.75) is 19.9 Å². The Morgan fingerprint density at radius 2 is 1.85 bits per heavy atom. The molecule has 0 bridgehead atoms. The van der Waals surface area contributed by atoms with Crippen molar-refractivity contribution in [2.24, 2.45) is 0 Å². The van der Waals surface area contributed by atoms with E-state index in [4.69, 9.17) is 17.0 Å². The largest absolute Gasteiger partial charge is 0.497 e. The molecule has 0 aliphatic heterocycles. The van der Waals surface area contributed by atoms with Crippen LogP contribution in [-0.4, -0.2) is 29.6 Å². The summed E-state index contributed by atoms with van der Waals surface area (Å²) in [7, 11) is 1.62. The molecule has 0 spiro atoms. The fraction of sp³-hybridized carbons (Fsp3) is 0.238. The molecule has 136 valence electrons. The van der Waals surface area contributed by atoms with E-state index in [-0.39, 0.29) is 5.91 Å². The first-order chi connectivity index (χ1) is 12.6. The number of amides is 1. The van der Waals surface area contributed by atoms with Gasteiger partial charge in [-0.15, -0.1) is 0 Å². The summed E-state index contributed by atoms with van der Waals surface area (Å²) in [4.78, 5) is 14.2. The van der Waals surface area contributed by atoms with E-state index in [9.17, 15) is 4.79 Å². The molecule has 0 aliphatic carbocycles. The monoisotopic (exact) mass is 368 g/mol.